The highest BCUT2D eigenvalue weighted by molar-refractivity contribution is 6.99. The molecule has 0 N–H and O–H groups in total. The van der Waals surface area contributed by atoms with Crippen molar-refractivity contribution in [3.8, 4) is 0 Å². The van der Waals surface area contributed by atoms with Crippen LogP contribution in [-0.4, -0.2) is 8.75 Å². The molecule has 2 nitrogen and oxygen atoms in total. The van der Waals surface area contributed by atoms with Gasteiger partial charge < -0.3 is 0 Å². The topological polar surface area (TPSA) is 25.8 Å². The van der Waals surface area contributed by atoms with Crippen LogP contribution in [0.25, 0.3) is 0 Å². The van der Waals surface area contributed by atoms with Gasteiger partial charge in [-0.3, -0.25) is 0 Å². The van der Waals surface area contributed by atoms with Crippen LogP contribution >= 0.6 is 11.7 Å². The van der Waals surface area contributed by atoms with Crippen LogP contribution in [0.2, 0.25) is 0 Å². The van der Waals surface area contributed by atoms with Gasteiger partial charge in [-0.25, -0.2) is 0 Å². The fourth-order valence-corrected chi connectivity index (χ4v) is 1.59. The van der Waals surface area contributed by atoms with Crippen LogP contribution in [-0.2, 0) is 0 Å². The minimum Gasteiger partial charge on any atom is -0.178 e. The summed E-state index contributed by atoms with van der Waals surface area (Å²) in [4.78, 5) is 0. The monoisotopic (exact) mass is 140 g/mol. The average molecular weight is 140 g/mol. The van der Waals surface area contributed by atoms with E-state index < -0.39 is 0 Å². The van der Waals surface area contributed by atoms with Gasteiger partial charge in [-0.05, 0) is 19.8 Å². The maximum Gasteiger partial charge on any atom is 0.0803 e. The van der Waals surface area contributed by atoms with Gasteiger partial charge in [0.25, 0.3) is 0 Å². The maximum absolute atomic E-state index is 4.21. The van der Waals surface area contributed by atoms with Crippen LogP contribution in [0.1, 0.15) is 30.1 Å². The molecule has 48 valence electrons. The molecule has 1 heterocycles. The average Bonchev–Trinajstić information content (AvgIpc) is 2.58. The van der Waals surface area contributed by atoms with Gasteiger partial charge in [0.15, 0.2) is 0 Å². The molecule has 0 amide bonds. The van der Waals surface area contributed by atoms with Gasteiger partial charge in [0.2, 0.25) is 0 Å². The zero-order valence-corrected chi connectivity index (χ0v) is 6.11. The SMILES string of the molecule is Cc1nsnc1C1CC1. The second-order valence-electron chi connectivity index (χ2n) is 2.51. The number of hydrogen-bond donors (Lipinski definition) is 0. The number of nitrogens with zero attached hydrogens (tertiary/aromatic N) is 2. The molecule has 0 saturated heterocycles. The lowest BCUT2D eigenvalue weighted by atomic mass is 10.2. The molecule has 0 aromatic carbocycles. The molecule has 0 aliphatic heterocycles. The van der Waals surface area contributed by atoms with Crippen LogP contribution in [0, 0.1) is 6.92 Å². The molecule has 9 heavy (non-hydrogen) atoms. The van der Waals surface area contributed by atoms with E-state index in [0.29, 0.717) is 0 Å². The summed E-state index contributed by atoms with van der Waals surface area (Å²) in [5, 5.41) is 0. The lowest BCUT2D eigenvalue weighted by molar-refractivity contribution is 1.03. The Kier molecular flexibility index (Phi) is 1.05. The Bertz CT molecular complexity index is 215. The predicted molar refractivity (Wildman–Crippen MR) is 36.6 cm³/mol. The zero-order valence-electron chi connectivity index (χ0n) is 5.29. The summed E-state index contributed by atoms with van der Waals surface area (Å²) in [6.07, 6.45) is 2.65. The Balaban J connectivity index is 2.35. The van der Waals surface area contributed by atoms with Gasteiger partial charge >= 0.3 is 0 Å². The van der Waals surface area contributed by atoms with Crippen molar-refractivity contribution in [2.75, 3.05) is 0 Å². The largest absolute Gasteiger partial charge is 0.178 e. The van der Waals surface area contributed by atoms with Gasteiger partial charge in [-0.1, -0.05) is 0 Å². The van der Waals surface area contributed by atoms with Crippen molar-refractivity contribution in [1.29, 1.82) is 0 Å². The minimum atomic E-state index is 0.767. The third kappa shape index (κ3) is 0.852. The van der Waals surface area contributed by atoms with E-state index in [9.17, 15) is 0 Å². The van der Waals surface area contributed by atoms with E-state index in [1.54, 1.807) is 0 Å². The number of hydrogen-bond acceptors (Lipinski definition) is 3. The number of aryl methyl sites for hydroxylation is 1. The van der Waals surface area contributed by atoms with Crippen molar-refractivity contribution in [1.82, 2.24) is 8.75 Å². The summed E-state index contributed by atoms with van der Waals surface area (Å²) >= 11 is 1.33. The fourth-order valence-electron chi connectivity index (χ4n) is 0.965. The van der Waals surface area contributed by atoms with E-state index in [1.807, 2.05) is 6.92 Å². The molecule has 1 aliphatic rings. The van der Waals surface area contributed by atoms with Crippen molar-refractivity contribution < 1.29 is 0 Å². The smallest absolute Gasteiger partial charge is 0.0803 e. The van der Waals surface area contributed by atoms with Crippen LogP contribution in [0.5, 0.6) is 0 Å². The molecule has 1 aliphatic carbocycles. The van der Waals surface area contributed by atoms with Crippen molar-refractivity contribution in [3.63, 3.8) is 0 Å². The predicted octanol–water partition coefficient (Wildman–Crippen LogP) is 1.72. The summed E-state index contributed by atoms with van der Waals surface area (Å²) in [6, 6.07) is 0. The molecular formula is C6H8N2S. The highest BCUT2D eigenvalue weighted by Crippen LogP contribution is 2.40. The second-order valence-corrected chi connectivity index (χ2v) is 3.04. The van der Waals surface area contributed by atoms with Crippen LogP contribution in [0.4, 0.5) is 0 Å². The molecule has 3 heteroatoms. The van der Waals surface area contributed by atoms with Gasteiger partial charge in [0, 0.05) is 5.92 Å². The first-order valence-corrected chi connectivity index (χ1v) is 3.90. The first-order valence-electron chi connectivity index (χ1n) is 3.17. The van der Waals surface area contributed by atoms with Crippen molar-refractivity contribution in [3.05, 3.63) is 11.4 Å². The summed E-state index contributed by atoms with van der Waals surface area (Å²) < 4.78 is 8.32. The molecule has 0 unspecified atom stereocenters. The van der Waals surface area contributed by atoms with Crippen LogP contribution in [0.3, 0.4) is 0 Å². The van der Waals surface area contributed by atoms with Gasteiger partial charge in [0.05, 0.1) is 23.1 Å². The van der Waals surface area contributed by atoms with Gasteiger partial charge in [-0.2, -0.15) is 8.75 Å². The molecule has 1 aromatic heterocycles. The molecule has 2 rings (SSSR count). The minimum absolute atomic E-state index is 0.767. The first kappa shape index (κ1) is 5.35. The normalized spacial score (nSPS) is 18.3. The molecule has 0 bridgehead atoms. The molecule has 0 atom stereocenters. The third-order valence-corrected chi connectivity index (χ3v) is 2.29. The Morgan fingerprint density at radius 3 is 2.67 bits per heavy atom. The van der Waals surface area contributed by atoms with Crippen molar-refractivity contribution >= 4 is 11.7 Å². The molecule has 1 fully saturated rings. The number of rotatable bonds is 1. The highest BCUT2D eigenvalue weighted by Gasteiger charge is 2.27. The molecule has 0 spiro atoms. The molecular weight excluding hydrogens is 132 g/mol. The van der Waals surface area contributed by atoms with Crippen LogP contribution < -0.4 is 0 Å². The molecule has 1 saturated carbocycles. The van der Waals surface area contributed by atoms with E-state index >= 15 is 0 Å². The van der Waals surface area contributed by atoms with Crippen molar-refractivity contribution in [2.24, 2.45) is 0 Å². The maximum atomic E-state index is 4.21. The zero-order chi connectivity index (χ0) is 6.27. The summed E-state index contributed by atoms with van der Waals surface area (Å²) in [7, 11) is 0. The Morgan fingerprint density at radius 1 is 1.44 bits per heavy atom. The van der Waals surface area contributed by atoms with E-state index in [4.69, 9.17) is 0 Å². The summed E-state index contributed by atoms with van der Waals surface area (Å²) in [5.74, 6) is 0.767. The van der Waals surface area contributed by atoms with E-state index in [1.165, 1.54) is 30.3 Å². The van der Waals surface area contributed by atoms with Crippen LogP contribution in [0.15, 0.2) is 0 Å². The summed E-state index contributed by atoms with van der Waals surface area (Å²) in [6.45, 7) is 2.04. The quantitative estimate of drug-likeness (QED) is 0.593. The third-order valence-electron chi connectivity index (χ3n) is 1.65. The number of aromatic nitrogens is 2. The summed E-state index contributed by atoms with van der Waals surface area (Å²) in [5.41, 5.74) is 2.39. The standard InChI is InChI=1S/C6H8N2S/c1-4-6(5-2-3-5)8-9-7-4/h5H,2-3H2,1H3. The van der Waals surface area contributed by atoms with Gasteiger partial charge in [0.1, 0.15) is 0 Å². The first-order chi connectivity index (χ1) is 4.38. The Labute approximate surface area is 58.2 Å². The Morgan fingerprint density at radius 2 is 2.22 bits per heavy atom. The molecule has 0 radical (unpaired) electrons. The Hall–Kier alpha value is -0.440. The van der Waals surface area contributed by atoms with Crippen molar-refractivity contribution in [2.45, 2.75) is 25.7 Å². The highest BCUT2D eigenvalue weighted by atomic mass is 32.1. The van der Waals surface area contributed by atoms with E-state index in [2.05, 4.69) is 8.75 Å². The van der Waals surface area contributed by atoms with Gasteiger partial charge in [-0.15, -0.1) is 0 Å². The lowest BCUT2D eigenvalue weighted by Crippen LogP contribution is -1.81. The molecule has 1 aromatic rings. The van der Waals surface area contributed by atoms with E-state index in [0.717, 1.165) is 11.6 Å². The fraction of sp³-hybridized carbons (Fsp3) is 0.667. The van der Waals surface area contributed by atoms with E-state index in [-0.39, 0.29) is 0 Å². The lowest BCUT2D eigenvalue weighted by Gasteiger charge is -1.86. The second kappa shape index (κ2) is 1.77.